The molecule has 0 saturated carbocycles. The fraction of sp³-hybridized carbons (Fsp3) is 0.167. The fourth-order valence-electron chi connectivity index (χ4n) is 3.70. The van der Waals surface area contributed by atoms with Crippen LogP contribution in [0, 0.1) is 35.5 Å². The molecule has 0 fully saturated rings. The summed E-state index contributed by atoms with van der Waals surface area (Å²) in [7, 11) is 1.61. The van der Waals surface area contributed by atoms with Crippen LogP contribution < -0.4 is 10.3 Å². The van der Waals surface area contributed by atoms with E-state index in [0.29, 0.717) is 16.4 Å². The Morgan fingerprint density at radius 1 is 1.12 bits per heavy atom. The first-order valence-electron chi connectivity index (χ1n) is 9.93. The standard InChI is InChI=1S/C24H18BrN5O2S/c1-14-21(22(17(11-26)12-27)16-3-7-18(25)8-4-16)23(31)30(29-14)24-28-20(13-33-24)15-5-9-19(32-2)10-6-15/h3-10,13,17,22,29H,1-2H3/t22-/m0/s1. The fourth-order valence-corrected chi connectivity index (χ4v) is 4.75. The van der Waals surface area contributed by atoms with Gasteiger partial charge in [-0.1, -0.05) is 28.1 Å². The summed E-state index contributed by atoms with van der Waals surface area (Å²) >= 11 is 4.73. The molecule has 0 aliphatic rings. The quantitative estimate of drug-likeness (QED) is 0.378. The number of halogens is 1. The first-order chi connectivity index (χ1) is 16.0. The van der Waals surface area contributed by atoms with E-state index in [9.17, 15) is 15.3 Å². The van der Waals surface area contributed by atoms with Crippen LogP contribution in [-0.2, 0) is 0 Å². The van der Waals surface area contributed by atoms with Gasteiger partial charge in [0.05, 0.1) is 24.9 Å². The van der Waals surface area contributed by atoms with Crippen LogP contribution in [0.1, 0.15) is 22.7 Å². The zero-order valence-electron chi connectivity index (χ0n) is 17.7. The zero-order valence-corrected chi connectivity index (χ0v) is 20.1. The minimum atomic E-state index is -1.02. The van der Waals surface area contributed by atoms with Gasteiger partial charge in [-0.3, -0.25) is 9.89 Å². The van der Waals surface area contributed by atoms with E-state index in [1.54, 1.807) is 14.0 Å². The molecule has 0 unspecified atom stereocenters. The first-order valence-corrected chi connectivity index (χ1v) is 11.6. The third-order valence-electron chi connectivity index (χ3n) is 5.34. The average molecular weight is 520 g/mol. The summed E-state index contributed by atoms with van der Waals surface area (Å²) in [4.78, 5) is 18.1. The van der Waals surface area contributed by atoms with Gasteiger partial charge in [0.1, 0.15) is 11.7 Å². The number of nitrogens with one attached hydrogen (secondary N) is 1. The van der Waals surface area contributed by atoms with Crippen molar-refractivity contribution in [2.75, 3.05) is 7.11 Å². The van der Waals surface area contributed by atoms with E-state index < -0.39 is 11.8 Å². The molecule has 2 aromatic heterocycles. The molecule has 1 atom stereocenters. The van der Waals surface area contributed by atoms with Crippen molar-refractivity contribution in [1.29, 1.82) is 10.5 Å². The number of hydrogen-bond donors (Lipinski definition) is 1. The molecule has 0 saturated heterocycles. The van der Waals surface area contributed by atoms with Crippen LogP contribution in [0.2, 0.25) is 0 Å². The molecule has 4 aromatic rings. The molecule has 7 nitrogen and oxygen atoms in total. The number of nitrogens with zero attached hydrogens (tertiary/aromatic N) is 4. The minimum absolute atomic E-state index is 0.327. The lowest BCUT2D eigenvalue weighted by Gasteiger charge is -2.17. The maximum absolute atomic E-state index is 13.5. The van der Waals surface area contributed by atoms with Gasteiger partial charge < -0.3 is 4.74 Å². The largest absolute Gasteiger partial charge is 0.497 e. The number of benzene rings is 2. The topological polar surface area (TPSA) is 107 Å². The van der Waals surface area contributed by atoms with Crippen molar-refractivity contribution >= 4 is 27.3 Å². The number of aromatic nitrogens is 3. The molecule has 0 radical (unpaired) electrons. The van der Waals surface area contributed by atoms with Crippen LogP contribution in [0.15, 0.2) is 63.2 Å². The molecule has 0 aliphatic carbocycles. The van der Waals surface area contributed by atoms with Crippen molar-refractivity contribution in [3.8, 4) is 34.3 Å². The number of rotatable bonds is 6. The second kappa shape index (κ2) is 9.45. The zero-order chi connectivity index (χ0) is 23.5. The average Bonchev–Trinajstić information content (AvgIpc) is 3.43. The Kier molecular flexibility index (Phi) is 6.45. The van der Waals surface area contributed by atoms with Crippen molar-refractivity contribution < 1.29 is 4.74 Å². The molecular formula is C24H18BrN5O2S. The molecule has 0 amide bonds. The number of ether oxygens (including phenoxy) is 1. The monoisotopic (exact) mass is 519 g/mol. The molecule has 164 valence electrons. The molecule has 9 heteroatoms. The number of H-pyrrole nitrogens is 1. The molecule has 0 bridgehead atoms. The van der Waals surface area contributed by atoms with Gasteiger partial charge in [-0.2, -0.15) is 15.2 Å². The number of thiazole rings is 1. The second-order valence-electron chi connectivity index (χ2n) is 7.30. The van der Waals surface area contributed by atoms with Crippen LogP contribution in [0.5, 0.6) is 5.75 Å². The highest BCUT2D eigenvalue weighted by Crippen LogP contribution is 2.33. The van der Waals surface area contributed by atoms with Crippen molar-refractivity contribution in [2.45, 2.75) is 12.8 Å². The van der Waals surface area contributed by atoms with Gasteiger partial charge in [-0.25, -0.2) is 4.98 Å². The van der Waals surface area contributed by atoms with E-state index in [2.05, 4.69) is 26.0 Å². The predicted octanol–water partition coefficient (Wildman–Crippen LogP) is 5.16. The summed E-state index contributed by atoms with van der Waals surface area (Å²) < 4.78 is 7.44. The van der Waals surface area contributed by atoms with Crippen molar-refractivity contribution in [2.24, 2.45) is 5.92 Å². The maximum Gasteiger partial charge on any atom is 0.277 e. The molecule has 4 rings (SSSR count). The minimum Gasteiger partial charge on any atom is -0.497 e. The second-order valence-corrected chi connectivity index (χ2v) is 9.05. The summed E-state index contributed by atoms with van der Waals surface area (Å²) in [5.41, 5.74) is 2.99. The van der Waals surface area contributed by atoms with Crippen LogP contribution in [0.25, 0.3) is 16.4 Å². The SMILES string of the molecule is COc1ccc(-c2csc(-n3[nH]c(C)c([C@@H](c4ccc(Br)cc4)C(C#N)C#N)c3=O)n2)cc1. The Morgan fingerprint density at radius 2 is 1.79 bits per heavy atom. The third kappa shape index (κ3) is 4.34. The van der Waals surface area contributed by atoms with E-state index in [1.165, 1.54) is 16.0 Å². The third-order valence-corrected chi connectivity index (χ3v) is 6.69. The Morgan fingerprint density at radius 3 is 2.39 bits per heavy atom. The number of hydrogen-bond acceptors (Lipinski definition) is 6. The van der Waals surface area contributed by atoms with E-state index in [-0.39, 0.29) is 5.56 Å². The van der Waals surface area contributed by atoms with Crippen molar-refractivity contribution in [3.63, 3.8) is 0 Å². The number of aromatic amines is 1. The lowest BCUT2D eigenvalue weighted by molar-refractivity contribution is 0.415. The van der Waals surface area contributed by atoms with Gasteiger partial charge in [-0.05, 0) is 48.9 Å². The number of methoxy groups -OCH3 is 1. The van der Waals surface area contributed by atoms with Gasteiger partial charge >= 0.3 is 0 Å². The Hall–Kier alpha value is -3.66. The van der Waals surface area contributed by atoms with E-state index in [1.807, 2.05) is 66.0 Å². The Balaban J connectivity index is 1.78. The van der Waals surface area contributed by atoms with Crippen LogP contribution in [-0.4, -0.2) is 21.9 Å². The van der Waals surface area contributed by atoms with Crippen molar-refractivity contribution in [3.05, 3.63) is 85.6 Å². The smallest absolute Gasteiger partial charge is 0.277 e. The molecule has 1 N–H and O–H groups in total. The van der Waals surface area contributed by atoms with E-state index in [4.69, 9.17) is 4.74 Å². The number of aryl methyl sites for hydroxylation is 1. The van der Waals surface area contributed by atoms with Crippen LogP contribution in [0.3, 0.4) is 0 Å². The maximum atomic E-state index is 13.5. The normalized spacial score (nSPS) is 11.7. The summed E-state index contributed by atoms with van der Waals surface area (Å²) in [5, 5.41) is 24.7. The van der Waals surface area contributed by atoms with Gasteiger partial charge in [0.25, 0.3) is 5.56 Å². The molecule has 2 heterocycles. The Labute approximate surface area is 202 Å². The van der Waals surface area contributed by atoms with Crippen molar-refractivity contribution in [1.82, 2.24) is 14.8 Å². The molecule has 2 aromatic carbocycles. The van der Waals surface area contributed by atoms with Crippen LogP contribution >= 0.6 is 27.3 Å². The van der Waals surface area contributed by atoms with Gasteiger partial charge in [-0.15, -0.1) is 11.3 Å². The number of nitriles is 2. The first kappa shape index (κ1) is 22.5. The summed E-state index contributed by atoms with van der Waals surface area (Å²) in [6.07, 6.45) is 0. The predicted molar refractivity (Wildman–Crippen MR) is 129 cm³/mol. The lowest BCUT2D eigenvalue weighted by atomic mass is 9.82. The summed E-state index contributed by atoms with van der Waals surface area (Å²) in [6, 6.07) is 18.9. The van der Waals surface area contributed by atoms with E-state index in [0.717, 1.165) is 27.0 Å². The highest BCUT2D eigenvalue weighted by molar-refractivity contribution is 9.10. The molecular weight excluding hydrogens is 502 g/mol. The molecule has 33 heavy (non-hydrogen) atoms. The summed E-state index contributed by atoms with van der Waals surface area (Å²) in [6.45, 7) is 1.77. The van der Waals surface area contributed by atoms with Gasteiger partial charge in [0.2, 0.25) is 5.13 Å². The summed E-state index contributed by atoms with van der Waals surface area (Å²) in [5.74, 6) is -0.967. The highest BCUT2D eigenvalue weighted by atomic mass is 79.9. The highest BCUT2D eigenvalue weighted by Gasteiger charge is 2.31. The van der Waals surface area contributed by atoms with Gasteiger partial charge in [0, 0.05) is 32.6 Å². The molecule has 0 spiro atoms. The Bertz CT molecular complexity index is 1410. The van der Waals surface area contributed by atoms with E-state index >= 15 is 0 Å². The molecule has 0 aliphatic heterocycles. The van der Waals surface area contributed by atoms with Crippen LogP contribution in [0.4, 0.5) is 0 Å². The lowest BCUT2D eigenvalue weighted by Crippen LogP contribution is -2.23. The van der Waals surface area contributed by atoms with Gasteiger partial charge in [0.15, 0.2) is 0 Å².